The lowest BCUT2D eigenvalue weighted by atomic mass is 9.87. The molecule has 104 valence electrons. The molecule has 1 saturated heterocycles. The topological polar surface area (TPSA) is 20.3 Å². The van der Waals surface area contributed by atoms with Gasteiger partial charge in [0.25, 0.3) is 0 Å². The Bertz CT molecular complexity index is 272. The number of rotatable bonds is 5. The van der Waals surface area contributed by atoms with Gasteiger partial charge in [0.05, 0.1) is 0 Å². The van der Waals surface area contributed by atoms with E-state index in [1.54, 1.807) is 0 Å². The predicted octanol–water partition coefficient (Wildman–Crippen LogP) is 3.65. The van der Waals surface area contributed by atoms with Crippen molar-refractivity contribution in [1.82, 2.24) is 4.90 Å². The lowest BCUT2D eigenvalue weighted by molar-refractivity contribution is -0.123. The molecule has 0 aromatic carbocycles. The van der Waals surface area contributed by atoms with Crippen molar-refractivity contribution in [3.05, 3.63) is 0 Å². The summed E-state index contributed by atoms with van der Waals surface area (Å²) in [5.41, 5.74) is 0. The van der Waals surface area contributed by atoms with Gasteiger partial charge in [0.2, 0.25) is 0 Å². The van der Waals surface area contributed by atoms with Crippen LogP contribution in [0.1, 0.15) is 65.2 Å². The molecule has 2 rings (SSSR count). The van der Waals surface area contributed by atoms with Gasteiger partial charge in [-0.1, -0.05) is 33.1 Å². The highest BCUT2D eigenvalue weighted by Gasteiger charge is 2.36. The maximum Gasteiger partial charge on any atom is 0.137 e. The summed E-state index contributed by atoms with van der Waals surface area (Å²) in [6.45, 7) is 7.05. The molecule has 2 fully saturated rings. The number of likely N-dealkylation sites (tertiary alicyclic amines) is 1. The highest BCUT2D eigenvalue weighted by atomic mass is 16.1. The third-order valence-corrected chi connectivity index (χ3v) is 5.13. The molecule has 0 amide bonds. The smallest absolute Gasteiger partial charge is 0.137 e. The van der Waals surface area contributed by atoms with Crippen LogP contribution in [0.2, 0.25) is 0 Å². The predicted molar refractivity (Wildman–Crippen MR) is 75.6 cm³/mol. The minimum atomic E-state index is 0.375. The van der Waals surface area contributed by atoms with Crippen molar-refractivity contribution in [3.63, 3.8) is 0 Å². The third-order valence-electron chi connectivity index (χ3n) is 5.13. The number of carbonyl (C=O) groups is 1. The van der Waals surface area contributed by atoms with E-state index in [0.29, 0.717) is 17.7 Å². The quantitative estimate of drug-likeness (QED) is 0.743. The van der Waals surface area contributed by atoms with Crippen LogP contribution in [0.25, 0.3) is 0 Å². The molecule has 1 aliphatic heterocycles. The van der Waals surface area contributed by atoms with Crippen LogP contribution in [-0.2, 0) is 4.79 Å². The number of hydrogen-bond donors (Lipinski definition) is 0. The Morgan fingerprint density at radius 2 is 1.94 bits per heavy atom. The average Bonchev–Trinajstić information content (AvgIpc) is 2.82. The van der Waals surface area contributed by atoms with Crippen molar-refractivity contribution in [3.8, 4) is 0 Å². The highest BCUT2D eigenvalue weighted by molar-refractivity contribution is 5.83. The molecule has 0 N–H and O–H groups in total. The van der Waals surface area contributed by atoms with Crippen LogP contribution in [0.3, 0.4) is 0 Å². The molecule has 0 spiro atoms. The molecule has 2 unspecified atom stereocenters. The Kier molecular flexibility index (Phi) is 5.23. The summed E-state index contributed by atoms with van der Waals surface area (Å²) in [5, 5.41) is 0. The van der Waals surface area contributed by atoms with E-state index in [1.165, 1.54) is 45.2 Å². The second kappa shape index (κ2) is 6.70. The number of hydrogen-bond acceptors (Lipinski definition) is 2. The van der Waals surface area contributed by atoms with Gasteiger partial charge in [0, 0.05) is 24.9 Å². The van der Waals surface area contributed by atoms with Crippen LogP contribution < -0.4 is 0 Å². The molecule has 0 aromatic heterocycles. The maximum absolute atomic E-state index is 12.0. The Morgan fingerprint density at radius 1 is 1.17 bits per heavy atom. The number of piperidine rings is 1. The zero-order chi connectivity index (χ0) is 13.0. The third kappa shape index (κ3) is 3.14. The van der Waals surface area contributed by atoms with Gasteiger partial charge >= 0.3 is 0 Å². The van der Waals surface area contributed by atoms with E-state index < -0.39 is 0 Å². The van der Waals surface area contributed by atoms with Crippen LogP contribution in [0.15, 0.2) is 0 Å². The van der Waals surface area contributed by atoms with Gasteiger partial charge in [-0.2, -0.15) is 0 Å². The molecule has 2 aliphatic rings. The van der Waals surface area contributed by atoms with Crippen LogP contribution in [0, 0.1) is 11.8 Å². The van der Waals surface area contributed by atoms with Crippen molar-refractivity contribution >= 4 is 5.78 Å². The van der Waals surface area contributed by atoms with E-state index >= 15 is 0 Å². The molecule has 1 heterocycles. The number of ketones is 1. The Hall–Kier alpha value is -0.370. The standard InChI is InChI=1S/C16H29NO/c1-3-13(4-2)12-17-11-6-5-9-15(17)14-8-7-10-16(14)18/h13-15H,3-12H2,1-2H3. The van der Waals surface area contributed by atoms with E-state index in [9.17, 15) is 4.79 Å². The van der Waals surface area contributed by atoms with E-state index in [1.807, 2.05) is 0 Å². The summed E-state index contributed by atoms with van der Waals surface area (Å²) in [6.07, 6.45) is 9.61. The second-order valence-corrected chi connectivity index (χ2v) is 6.21. The molecule has 0 bridgehead atoms. The van der Waals surface area contributed by atoms with E-state index in [4.69, 9.17) is 0 Å². The minimum Gasteiger partial charge on any atom is -0.299 e. The normalized spacial score (nSPS) is 30.3. The molecular formula is C16H29NO. The largest absolute Gasteiger partial charge is 0.299 e. The van der Waals surface area contributed by atoms with Gasteiger partial charge in [0.1, 0.15) is 5.78 Å². The van der Waals surface area contributed by atoms with Gasteiger partial charge in [-0.05, 0) is 38.1 Å². The van der Waals surface area contributed by atoms with E-state index in [-0.39, 0.29) is 0 Å². The second-order valence-electron chi connectivity index (χ2n) is 6.21. The van der Waals surface area contributed by atoms with Gasteiger partial charge in [-0.25, -0.2) is 0 Å². The first-order chi connectivity index (χ1) is 8.76. The summed E-state index contributed by atoms with van der Waals surface area (Å²) in [7, 11) is 0. The highest BCUT2D eigenvalue weighted by Crippen LogP contribution is 2.33. The van der Waals surface area contributed by atoms with Crippen LogP contribution in [-0.4, -0.2) is 29.8 Å². The Labute approximate surface area is 112 Å². The first kappa shape index (κ1) is 14.0. The SMILES string of the molecule is CCC(CC)CN1CCCCC1C1CCCC1=O. The van der Waals surface area contributed by atoms with Crippen molar-refractivity contribution in [2.75, 3.05) is 13.1 Å². The van der Waals surface area contributed by atoms with Crippen molar-refractivity contribution in [2.45, 2.75) is 71.3 Å². The maximum atomic E-state index is 12.0. The Morgan fingerprint density at radius 3 is 2.56 bits per heavy atom. The average molecular weight is 251 g/mol. The Balaban J connectivity index is 1.98. The van der Waals surface area contributed by atoms with Crippen LogP contribution in [0.4, 0.5) is 0 Å². The van der Waals surface area contributed by atoms with Crippen molar-refractivity contribution in [2.24, 2.45) is 11.8 Å². The molecule has 1 saturated carbocycles. The molecule has 1 aliphatic carbocycles. The summed E-state index contributed by atoms with van der Waals surface area (Å²) in [6, 6.07) is 0.578. The van der Waals surface area contributed by atoms with E-state index in [2.05, 4.69) is 18.7 Å². The van der Waals surface area contributed by atoms with Crippen LogP contribution in [0.5, 0.6) is 0 Å². The first-order valence-electron chi connectivity index (χ1n) is 8.03. The van der Waals surface area contributed by atoms with E-state index in [0.717, 1.165) is 25.2 Å². The van der Waals surface area contributed by atoms with Gasteiger partial charge < -0.3 is 0 Å². The van der Waals surface area contributed by atoms with Gasteiger partial charge in [-0.15, -0.1) is 0 Å². The van der Waals surface area contributed by atoms with Crippen LogP contribution >= 0.6 is 0 Å². The lowest BCUT2D eigenvalue weighted by Crippen LogP contribution is -2.47. The number of carbonyl (C=O) groups excluding carboxylic acids is 1. The van der Waals surface area contributed by atoms with Crippen molar-refractivity contribution in [1.29, 1.82) is 0 Å². The fourth-order valence-electron chi connectivity index (χ4n) is 3.83. The molecule has 2 heteroatoms. The van der Waals surface area contributed by atoms with Gasteiger partial charge in [0.15, 0.2) is 0 Å². The minimum absolute atomic E-state index is 0.375. The molecule has 2 nitrogen and oxygen atoms in total. The summed E-state index contributed by atoms with van der Waals surface area (Å²) < 4.78 is 0. The number of nitrogens with zero attached hydrogens (tertiary/aromatic N) is 1. The fraction of sp³-hybridized carbons (Fsp3) is 0.938. The monoisotopic (exact) mass is 251 g/mol. The summed E-state index contributed by atoms with van der Waals surface area (Å²) >= 11 is 0. The molecule has 0 aromatic rings. The summed E-state index contributed by atoms with van der Waals surface area (Å²) in [5.74, 6) is 1.75. The first-order valence-corrected chi connectivity index (χ1v) is 8.03. The molecule has 2 atom stereocenters. The lowest BCUT2D eigenvalue weighted by Gasteiger charge is -2.40. The van der Waals surface area contributed by atoms with Gasteiger partial charge in [-0.3, -0.25) is 9.69 Å². The zero-order valence-corrected chi connectivity index (χ0v) is 12.2. The fourth-order valence-corrected chi connectivity index (χ4v) is 3.83. The zero-order valence-electron chi connectivity index (χ0n) is 12.2. The van der Waals surface area contributed by atoms with Crippen molar-refractivity contribution < 1.29 is 4.79 Å². The molecule has 0 radical (unpaired) electrons. The molecule has 18 heavy (non-hydrogen) atoms. The molecular weight excluding hydrogens is 222 g/mol. The number of Topliss-reactive ketones (excluding diaryl/α,β-unsaturated/α-hetero) is 1. The summed E-state index contributed by atoms with van der Waals surface area (Å²) in [4.78, 5) is 14.7.